The Kier molecular flexibility index (Phi) is 8.29. The van der Waals surface area contributed by atoms with Gasteiger partial charge in [-0.3, -0.25) is 4.79 Å². The van der Waals surface area contributed by atoms with Gasteiger partial charge in [0.15, 0.2) is 0 Å². The van der Waals surface area contributed by atoms with Gasteiger partial charge in [-0.05, 0) is 6.92 Å². The van der Waals surface area contributed by atoms with Crippen molar-refractivity contribution in [1.82, 2.24) is 15.5 Å². The Balaban J connectivity index is 3.54. The Morgan fingerprint density at radius 2 is 1.94 bits per heavy atom. The summed E-state index contributed by atoms with van der Waals surface area (Å²) in [6.45, 7) is 2.21. The first kappa shape index (κ1) is 16.2. The minimum absolute atomic E-state index is 0.0772. The summed E-state index contributed by atoms with van der Waals surface area (Å²) in [5.74, 6) is -1.25. The summed E-state index contributed by atoms with van der Waals surface area (Å²) >= 11 is 0. The van der Waals surface area contributed by atoms with Gasteiger partial charge in [-0.25, -0.2) is 9.59 Å². The Morgan fingerprint density at radius 3 is 2.50 bits per heavy atom. The van der Waals surface area contributed by atoms with Gasteiger partial charge < -0.3 is 25.4 Å². The van der Waals surface area contributed by atoms with Crippen molar-refractivity contribution >= 4 is 17.9 Å². The largest absolute Gasteiger partial charge is 0.480 e. The molecule has 0 aliphatic heterocycles. The average molecular weight is 261 g/mol. The van der Waals surface area contributed by atoms with Crippen LogP contribution < -0.4 is 10.6 Å². The van der Waals surface area contributed by atoms with Gasteiger partial charge in [-0.2, -0.15) is 0 Å². The number of rotatable bonds is 8. The minimum Gasteiger partial charge on any atom is -0.480 e. The molecule has 8 nitrogen and oxygen atoms in total. The number of carbonyl (C=O) groups excluding carboxylic acids is 2. The number of nitrogens with zero attached hydrogens (tertiary/aromatic N) is 1. The second-order valence-electron chi connectivity index (χ2n) is 3.46. The number of carboxylic acids is 1. The van der Waals surface area contributed by atoms with Crippen LogP contribution in [0.15, 0.2) is 0 Å². The van der Waals surface area contributed by atoms with Gasteiger partial charge in [-0.1, -0.05) is 0 Å². The van der Waals surface area contributed by atoms with Gasteiger partial charge in [0.1, 0.15) is 6.61 Å². The second-order valence-corrected chi connectivity index (χ2v) is 3.46. The molecule has 104 valence electrons. The fourth-order valence-electron chi connectivity index (χ4n) is 0.926. The summed E-state index contributed by atoms with van der Waals surface area (Å²) in [7, 11) is 1.64. The molecule has 0 atom stereocenters. The molecule has 0 radical (unpaired) electrons. The van der Waals surface area contributed by atoms with Crippen LogP contribution in [0.5, 0.6) is 0 Å². The molecule has 0 bridgehead atoms. The zero-order valence-electron chi connectivity index (χ0n) is 10.6. The molecular formula is C10H19N3O5. The lowest BCUT2D eigenvalue weighted by Gasteiger charge is -2.14. The molecule has 0 heterocycles. The predicted molar refractivity (Wildman–Crippen MR) is 63.2 cm³/mol. The molecule has 0 fully saturated rings. The van der Waals surface area contributed by atoms with Crippen LogP contribution in [0.4, 0.5) is 4.79 Å². The number of ether oxygens (including phenoxy) is 1. The number of aliphatic carboxylic acids is 1. The number of carboxylic acid groups (broad SMARTS) is 1. The topological polar surface area (TPSA) is 108 Å². The van der Waals surface area contributed by atoms with Crippen molar-refractivity contribution in [2.75, 3.05) is 39.9 Å². The second kappa shape index (κ2) is 9.23. The molecule has 0 aliphatic rings. The number of likely N-dealkylation sites (N-methyl/N-ethyl adjacent to an activating group) is 1. The van der Waals surface area contributed by atoms with Crippen molar-refractivity contribution in [1.29, 1.82) is 0 Å². The van der Waals surface area contributed by atoms with Crippen LogP contribution in [-0.4, -0.2) is 67.8 Å². The first-order chi connectivity index (χ1) is 8.47. The third kappa shape index (κ3) is 8.34. The van der Waals surface area contributed by atoms with Gasteiger partial charge in [-0.15, -0.1) is 0 Å². The smallest absolute Gasteiger partial charge is 0.329 e. The summed E-state index contributed by atoms with van der Waals surface area (Å²) < 4.78 is 4.71. The average Bonchev–Trinajstić information content (AvgIpc) is 2.34. The highest BCUT2D eigenvalue weighted by Gasteiger charge is 2.08. The summed E-state index contributed by atoms with van der Waals surface area (Å²) in [5, 5.41) is 13.1. The minimum atomic E-state index is -1.06. The zero-order valence-corrected chi connectivity index (χ0v) is 10.6. The van der Waals surface area contributed by atoms with E-state index in [0.717, 1.165) is 0 Å². The number of carbonyl (C=O) groups is 3. The highest BCUT2D eigenvalue weighted by Crippen LogP contribution is 1.81. The van der Waals surface area contributed by atoms with Crippen LogP contribution in [-0.2, 0) is 14.3 Å². The molecule has 0 rings (SSSR count). The van der Waals surface area contributed by atoms with Crippen LogP contribution in [0, 0.1) is 0 Å². The normalized spacial score (nSPS) is 9.67. The molecule has 3 amide bonds. The Bertz CT molecular complexity index is 295. The van der Waals surface area contributed by atoms with Gasteiger partial charge in [0.2, 0.25) is 5.91 Å². The van der Waals surface area contributed by atoms with Gasteiger partial charge in [0.05, 0.1) is 13.2 Å². The van der Waals surface area contributed by atoms with Crippen LogP contribution in [0.2, 0.25) is 0 Å². The van der Waals surface area contributed by atoms with E-state index in [9.17, 15) is 14.4 Å². The number of hydrogen-bond donors (Lipinski definition) is 3. The Labute approximate surface area is 105 Å². The number of urea groups is 1. The predicted octanol–water partition coefficient (Wildman–Crippen LogP) is -1.13. The first-order valence-corrected chi connectivity index (χ1v) is 5.52. The quantitative estimate of drug-likeness (QED) is 0.479. The van der Waals surface area contributed by atoms with Crippen molar-refractivity contribution in [3.8, 4) is 0 Å². The van der Waals surface area contributed by atoms with E-state index in [1.54, 1.807) is 7.05 Å². The fraction of sp³-hybridized carbons (Fsp3) is 0.700. The van der Waals surface area contributed by atoms with E-state index in [0.29, 0.717) is 6.54 Å². The van der Waals surface area contributed by atoms with E-state index in [2.05, 4.69) is 10.6 Å². The molecule has 0 spiro atoms. The van der Waals surface area contributed by atoms with Gasteiger partial charge in [0.25, 0.3) is 0 Å². The molecule has 8 heteroatoms. The van der Waals surface area contributed by atoms with Crippen LogP contribution in [0.1, 0.15) is 6.92 Å². The van der Waals surface area contributed by atoms with Gasteiger partial charge >= 0.3 is 12.0 Å². The Morgan fingerprint density at radius 1 is 1.28 bits per heavy atom. The van der Waals surface area contributed by atoms with Gasteiger partial charge in [0, 0.05) is 20.1 Å². The highest BCUT2D eigenvalue weighted by atomic mass is 16.5. The molecule has 0 saturated heterocycles. The van der Waals surface area contributed by atoms with E-state index in [1.807, 2.05) is 6.92 Å². The molecule has 0 aromatic rings. The standard InChI is InChI=1S/C10H19N3O5/c1-3-13(2)8(14)6-12-10(17)11-4-5-18-7-9(15)16/h3-7H2,1-2H3,(H,15,16)(H2,11,12,17). The summed E-state index contributed by atoms with van der Waals surface area (Å²) in [4.78, 5) is 34.1. The third-order valence-electron chi connectivity index (χ3n) is 2.06. The van der Waals surface area contributed by atoms with Crippen molar-refractivity contribution in [3.63, 3.8) is 0 Å². The molecule has 0 aliphatic carbocycles. The van der Waals surface area contributed by atoms with Crippen LogP contribution in [0.25, 0.3) is 0 Å². The number of hydrogen-bond acceptors (Lipinski definition) is 4. The lowest BCUT2D eigenvalue weighted by Crippen LogP contribution is -2.43. The molecular weight excluding hydrogens is 242 g/mol. The van der Waals surface area contributed by atoms with Crippen LogP contribution in [0.3, 0.4) is 0 Å². The Hall–Kier alpha value is -1.83. The lowest BCUT2D eigenvalue weighted by molar-refractivity contribution is -0.142. The number of nitrogens with one attached hydrogen (secondary N) is 2. The van der Waals surface area contributed by atoms with E-state index in [4.69, 9.17) is 9.84 Å². The van der Waals surface area contributed by atoms with E-state index < -0.39 is 18.6 Å². The first-order valence-electron chi connectivity index (χ1n) is 5.52. The zero-order chi connectivity index (χ0) is 14.0. The highest BCUT2D eigenvalue weighted by molar-refractivity contribution is 5.83. The van der Waals surface area contributed by atoms with E-state index >= 15 is 0 Å². The maximum Gasteiger partial charge on any atom is 0.329 e. The molecule has 0 aromatic carbocycles. The van der Waals surface area contributed by atoms with Crippen molar-refractivity contribution in [3.05, 3.63) is 0 Å². The maximum absolute atomic E-state index is 11.3. The monoisotopic (exact) mass is 261 g/mol. The molecule has 18 heavy (non-hydrogen) atoms. The molecule has 0 aromatic heterocycles. The van der Waals surface area contributed by atoms with Crippen LogP contribution >= 0.6 is 0 Å². The maximum atomic E-state index is 11.3. The third-order valence-corrected chi connectivity index (χ3v) is 2.06. The van der Waals surface area contributed by atoms with Crippen molar-refractivity contribution < 1.29 is 24.2 Å². The molecule has 0 saturated carbocycles. The summed E-state index contributed by atoms with van der Waals surface area (Å²) in [6, 6.07) is -0.494. The van der Waals surface area contributed by atoms with E-state index in [-0.39, 0.29) is 25.6 Å². The van der Waals surface area contributed by atoms with E-state index in [1.165, 1.54) is 4.90 Å². The fourth-order valence-corrected chi connectivity index (χ4v) is 0.926. The van der Waals surface area contributed by atoms with Crippen molar-refractivity contribution in [2.45, 2.75) is 6.92 Å². The molecule has 3 N–H and O–H groups in total. The SMILES string of the molecule is CCN(C)C(=O)CNC(=O)NCCOCC(=O)O. The molecule has 0 unspecified atom stereocenters. The van der Waals surface area contributed by atoms with Crippen molar-refractivity contribution in [2.24, 2.45) is 0 Å². The summed E-state index contributed by atoms with van der Waals surface area (Å²) in [5.41, 5.74) is 0. The lowest BCUT2D eigenvalue weighted by atomic mass is 10.5. The summed E-state index contributed by atoms with van der Waals surface area (Å²) in [6.07, 6.45) is 0. The number of amides is 3.